The molecule has 44 heavy (non-hydrogen) atoms. The minimum atomic E-state index is -1.70. The minimum absolute atomic E-state index is 0.218. The van der Waals surface area contributed by atoms with Gasteiger partial charge in [-0.05, 0) is 18.1 Å². The third-order valence-electron chi connectivity index (χ3n) is 6.48. The van der Waals surface area contributed by atoms with Crippen LogP contribution in [0.3, 0.4) is 0 Å². The van der Waals surface area contributed by atoms with Gasteiger partial charge >= 0.3 is 0 Å². The van der Waals surface area contributed by atoms with Crippen molar-refractivity contribution < 1.29 is 56.5 Å². The molecule has 0 aliphatic rings. The fourth-order valence-corrected chi connectivity index (χ4v) is 3.98. The first kappa shape index (κ1) is 43.7. The van der Waals surface area contributed by atoms with Crippen molar-refractivity contribution in [1.29, 1.82) is 0 Å². The zero-order valence-corrected chi connectivity index (χ0v) is 29.4. The van der Waals surface area contributed by atoms with Crippen LogP contribution in [0.2, 0.25) is 18.1 Å². The molecule has 13 nitrogen and oxygen atoms in total. The molecule has 0 atom stereocenters. The van der Waals surface area contributed by atoms with Crippen molar-refractivity contribution in [2.24, 2.45) is 5.73 Å². The summed E-state index contributed by atoms with van der Waals surface area (Å²) in [6, 6.07) is 0. The van der Waals surface area contributed by atoms with E-state index >= 15 is 0 Å². The number of hydrogen-bond donors (Lipinski definition) is 1. The summed E-state index contributed by atoms with van der Waals surface area (Å²) < 4.78 is 66.0. The van der Waals surface area contributed by atoms with Crippen LogP contribution in [0.5, 0.6) is 0 Å². The van der Waals surface area contributed by atoms with E-state index in [4.69, 9.17) is 62.3 Å². The summed E-state index contributed by atoms with van der Waals surface area (Å²) in [6.45, 7) is 24.1. The van der Waals surface area contributed by atoms with E-state index in [9.17, 15) is 0 Å². The zero-order valence-electron chi connectivity index (χ0n) is 28.4. The van der Waals surface area contributed by atoms with Crippen LogP contribution >= 0.6 is 0 Å². The highest BCUT2D eigenvalue weighted by molar-refractivity contribution is 6.74. The van der Waals surface area contributed by atoms with E-state index in [2.05, 4.69) is 33.9 Å². The molecule has 0 aromatic heterocycles. The monoisotopic (exact) mass is 659 g/mol. The molecule has 0 saturated heterocycles. The van der Waals surface area contributed by atoms with E-state index in [1.807, 2.05) is 0 Å². The van der Waals surface area contributed by atoms with Gasteiger partial charge in [0.2, 0.25) is 0 Å². The van der Waals surface area contributed by atoms with Crippen molar-refractivity contribution in [3.63, 3.8) is 0 Å². The highest BCUT2D eigenvalue weighted by atomic mass is 28.4. The van der Waals surface area contributed by atoms with Crippen molar-refractivity contribution >= 4 is 8.32 Å². The number of rotatable bonds is 36. The first-order valence-corrected chi connectivity index (χ1v) is 18.9. The summed E-state index contributed by atoms with van der Waals surface area (Å²) in [4.78, 5) is 0. The summed E-state index contributed by atoms with van der Waals surface area (Å²) in [7, 11) is -1.70. The standard InChI is InChI=1S/C30H65NO12Si/c1-30(2,3)44(4,5)43-29-28-42-27-26-41-25-24-40-23-22-39-21-20-38-19-18-37-17-16-36-15-14-35-13-12-34-11-10-33-9-8-32-7-6-31/h6-29,31H2,1-5H3. The predicted molar refractivity (Wildman–Crippen MR) is 171 cm³/mol. The van der Waals surface area contributed by atoms with Crippen LogP contribution in [-0.4, -0.2) is 167 Å². The van der Waals surface area contributed by atoms with Crippen LogP contribution < -0.4 is 5.73 Å². The molecule has 0 unspecified atom stereocenters. The Morgan fingerprint density at radius 1 is 0.341 bits per heavy atom. The van der Waals surface area contributed by atoms with Gasteiger partial charge in [0.25, 0.3) is 0 Å². The Balaban J connectivity index is 3.12. The zero-order chi connectivity index (χ0) is 32.5. The van der Waals surface area contributed by atoms with Gasteiger partial charge < -0.3 is 62.3 Å². The molecular formula is C30H65NO12Si. The molecule has 0 fully saturated rings. The Hall–Kier alpha value is -0.303. The first-order valence-electron chi connectivity index (χ1n) is 16.0. The van der Waals surface area contributed by atoms with Crippen molar-refractivity contribution in [2.75, 3.05) is 159 Å². The lowest BCUT2D eigenvalue weighted by Crippen LogP contribution is -2.41. The molecule has 0 heterocycles. The van der Waals surface area contributed by atoms with Gasteiger partial charge in [0, 0.05) is 6.54 Å². The molecule has 0 saturated carbocycles. The Labute approximate surface area is 268 Å². The van der Waals surface area contributed by atoms with Crippen molar-refractivity contribution in [3.8, 4) is 0 Å². The SMILES string of the molecule is CC(C)(C)[Si](C)(C)OCCOCCOCCOCCOCCOCCOCCOCCOCCOCCOCCOCCN. The first-order chi connectivity index (χ1) is 21.3. The fourth-order valence-electron chi connectivity index (χ4n) is 2.96. The van der Waals surface area contributed by atoms with E-state index < -0.39 is 8.32 Å². The van der Waals surface area contributed by atoms with E-state index in [-0.39, 0.29) is 5.04 Å². The molecule has 0 aliphatic heterocycles. The molecule has 0 radical (unpaired) electrons. The lowest BCUT2D eigenvalue weighted by Gasteiger charge is -2.36. The van der Waals surface area contributed by atoms with Gasteiger partial charge in [-0.1, -0.05) is 20.8 Å². The van der Waals surface area contributed by atoms with Crippen LogP contribution in [-0.2, 0) is 56.5 Å². The van der Waals surface area contributed by atoms with Crippen LogP contribution in [0.15, 0.2) is 0 Å². The molecule has 0 spiro atoms. The number of nitrogens with two attached hydrogens (primary N) is 1. The average molecular weight is 660 g/mol. The maximum Gasteiger partial charge on any atom is 0.192 e. The number of hydrogen-bond acceptors (Lipinski definition) is 13. The molecule has 0 aliphatic carbocycles. The predicted octanol–water partition coefficient (Wildman–Crippen LogP) is 2.15. The maximum absolute atomic E-state index is 6.08. The second-order valence-corrected chi connectivity index (χ2v) is 15.9. The van der Waals surface area contributed by atoms with E-state index in [1.165, 1.54) is 0 Å². The second-order valence-electron chi connectivity index (χ2n) is 11.1. The molecule has 14 heteroatoms. The summed E-state index contributed by atoms with van der Waals surface area (Å²) in [6.07, 6.45) is 0. The Bertz CT molecular complexity index is 573. The Morgan fingerprint density at radius 3 is 0.705 bits per heavy atom. The van der Waals surface area contributed by atoms with Gasteiger partial charge in [-0.15, -0.1) is 0 Å². The number of ether oxygens (including phenoxy) is 11. The molecule has 0 amide bonds. The van der Waals surface area contributed by atoms with Gasteiger partial charge in [-0.2, -0.15) is 0 Å². The van der Waals surface area contributed by atoms with E-state index in [1.54, 1.807) is 0 Å². The molecule has 0 aromatic rings. The van der Waals surface area contributed by atoms with Gasteiger partial charge in [0.05, 0.1) is 152 Å². The lowest BCUT2D eigenvalue weighted by molar-refractivity contribution is -0.0277. The third-order valence-corrected chi connectivity index (χ3v) is 11.0. The average Bonchev–Trinajstić information content (AvgIpc) is 2.98. The van der Waals surface area contributed by atoms with Gasteiger partial charge in [0.1, 0.15) is 0 Å². The van der Waals surface area contributed by atoms with Crippen molar-refractivity contribution in [3.05, 3.63) is 0 Å². The van der Waals surface area contributed by atoms with Crippen LogP contribution in [0, 0.1) is 0 Å². The Morgan fingerprint density at radius 2 is 0.523 bits per heavy atom. The van der Waals surface area contributed by atoms with Crippen molar-refractivity contribution in [1.82, 2.24) is 0 Å². The van der Waals surface area contributed by atoms with Gasteiger partial charge in [0.15, 0.2) is 8.32 Å². The van der Waals surface area contributed by atoms with E-state index in [0.29, 0.717) is 159 Å². The second kappa shape index (κ2) is 32.6. The quantitative estimate of drug-likeness (QED) is 0.0778. The normalized spacial score (nSPS) is 12.4. The minimum Gasteiger partial charge on any atom is -0.414 e. The maximum atomic E-state index is 6.08. The molecular weight excluding hydrogens is 594 g/mol. The van der Waals surface area contributed by atoms with Crippen LogP contribution in [0.1, 0.15) is 20.8 Å². The fraction of sp³-hybridized carbons (Fsp3) is 1.00. The van der Waals surface area contributed by atoms with Gasteiger partial charge in [-0.3, -0.25) is 0 Å². The highest BCUT2D eigenvalue weighted by Crippen LogP contribution is 2.36. The lowest BCUT2D eigenvalue weighted by atomic mass is 10.2. The molecule has 2 N–H and O–H groups in total. The smallest absolute Gasteiger partial charge is 0.192 e. The highest BCUT2D eigenvalue weighted by Gasteiger charge is 2.36. The van der Waals surface area contributed by atoms with Gasteiger partial charge in [-0.25, -0.2) is 0 Å². The molecule has 0 aromatic carbocycles. The third kappa shape index (κ3) is 31.7. The summed E-state index contributed by atoms with van der Waals surface area (Å²) >= 11 is 0. The Kier molecular flexibility index (Phi) is 32.4. The molecule has 266 valence electrons. The molecule has 0 bridgehead atoms. The summed E-state index contributed by atoms with van der Waals surface area (Å²) in [5, 5.41) is 0.218. The van der Waals surface area contributed by atoms with Crippen LogP contribution in [0.4, 0.5) is 0 Å². The summed E-state index contributed by atoms with van der Waals surface area (Å²) in [5.74, 6) is 0. The molecule has 0 rings (SSSR count). The summed E-state index contributed by atoms with van der Waals surface area (Å²) in [5.41, 5.74) is 5.33. The van der Waals surface area contributed by atoms with Crippen molar-refractivity contribution in [2.45, 2.75) is 38.9 Å². The van der Waals surface area contributed by atoms with Crippen LogP contribution in [0.25, 0.3) is 0 Å². The topological polar surface area (TPSA) is 137 Å². The van der Waals surface area contributed by atoms with E-state index in [0.717, 1.165) is 0 Å². The largest absolute Gasteiger partial charge is 0.414 e.